The molecule has 3 nitrogen and oxygen atoms in total. The van der Waals surface area contributed by atoms with Gasteiger partial charge in [-0.05, 0) is 56.1 Å². The highest BCUT2D eigenvalue weighted by molar-refractivity contribution is 5.08. The predicted octanol–water partition coefficient (Wildman–Crippen LogP) is 1.17. The van der Waals surface area contributed by atoms with E-state index in [2.05, 4.69) is 27.8 Å². The molecule has 2 N–H and O–H groups in total. The van der Waals surface area contributed by atoms with Crippen LogP contribution in [-0.2, 0) is 6.54 Å². The molecule has 1 fully saturated rings. The van der Waals surface area contributed by atoms with Crippen LogP contribution in [0.2, 0.25) is 0 Å². The predicted molar refractivity (Wildman–Crippen MR) is 61.5 cm³/mol. The topological polar surface area (TPSA) is 37.0 Å². The average molecular weight is 205 g/mol. The lowest BCUT2D eigenvalue weighted by atomic mass is 10.00. The Hall–Kier alpha value is -0.930. The fraction of sp³-hybridized carbons (Fsp3) is 0.583. The number of nitrogens with zero attached hydrogens (tertiary/aromatic N) is 1. The van der Waals surface area contributed by atoms with Crippen LogP contribution in [0, 0.1) is 5.92 Å². The van der Waals surface area contributed by atoms with Crippen molar-refractivity contribution in [1.82, 2.24) is 15.6 Å². The summed E-state index contributed by atoms with van der Waals surface area (Å²) in [6.45, 7) is 4.44. The van der Waals surface area contributed by atoms with E-state index in [-0.39, 0.29) is 0 Å². The molecule has 1 aliphatic rings. The summed E-state index contributed by atoms with van der Waals surface area (Å²) in [7, 11) is 0. The number of piperidine rings is 1. The van der Waals surface area contributed by atoms with Gasteiger partial charge in [-0.3, -0.25) is 4.98 Å². The van der Waals surface area contributed by atoms with Crippen LogP contribution in [0.3, 0.4) is 0 Å². The number of pyridine rings is 1. The Balaban J connectivity index is 1.66. The SMILES string of the molecule is c1cc(CNC[C@H]2CCCNC2)ccn1. The molecular formula is C12H19N3. The van der Waals surface area contributed by atoms with E-state index in [4.69, 9.17) is 0 Å². The van der Waals surface area contributed by atoms with Crippen LogP contribution in [0.25, 0.3) is 0 Å². The van der Waals surface area contributed by atoms with Crippen molar-refractivity contribution in [3.05, 3.63) is 30.1 Å². The van der Waals surface area contributed by atoms with Crippen molar-refractivity contribution < 1.29 is 0 Å². The van der Waals surface area contributed by atoms with Crippen molar-refractivity contribution in [2.75, 3.05) is 19.6 Å². The lowest BCUT2D eigenvalue weighted by Gasteiger charge is -2.22. The Morgan fingerprint density at radius 2 is 2.27 bits per heavy atom. The maximum absolute atomic E-state index is 4.01. The van der Waals surface area contributed by atoms with Gasteiger partial charge in [0.05, 0.1) is 0 Å². The Labute approximate surface area is 91.3 Å². The minimum Gasteiger partial charge on any atom is -0.316 e. The first-order valence-electron chi connectivity index (χ1n) is 5.75. The first-order valence-corrected chi connectivity index (χ1v) is 5.75. The third-order valence-corrected chi connectivity index (χ3v) is 2.91. The minimum atomic E-state index is 0.806. The lowest BCUT2D eigenvalue weighted by Crippen LogP contribution is -2.35. The molecule has 2 heterocycles. The van der Waals surface area contributed by atoms with E-state index in [1.807, 2.05) is 12.4 Å². The van der Waals surface area contributed by atoms with E-state index in [0.717, 1.165) is 19.0 Å². The van der Waals surface area contributed by atoms with E-state index in [1.54, 1.807) is 0 Å². The zero-order chi connectivity index (χ0) is 10.3. The molecule has 0 aliphatic carbocycles. The molecule has 3 heteroatoms. The van der Waals surface area contributed by atoms with E-state index in [9.17, 15) is 0 Å². The maximum atomic E-state index is 4.01. The number of nitrogens with one attached hydrogen (secondary N) is 2. The van der Waals surface area contributed by atoms with E-state index >= 15 is 0 Å². The van der Waals surface area contributed by atoms with Crippen LogP contribution in [0.1, 0.15) is 18.4 Å². The molecule has 0 amide bonds. The standard InChI is InChI=1S/C12H19N3/c1-2-12(9-14-5-1)10-15-8-11-3-6-13-7-4-11/h3-4,6-7,12,14-15H,1-2,5,8-10H2/t12-/m0/s1. The second kappa shape index (κ2) is 5.83. The van der Waals surface area contributed by atoms with Gasteiger partial charge in [-0.1, -0.05) is 0 Å². The van der Waals surface area contributed by atoms with Gasteiger partial charge in [-0.25, -0.2) is 0 Å². The number of aromatic nitrogens is 1. The zero-order valence-electron chi connectivity index (χ0n) is 9.08. The summed E-state index contributed by atoms with van der Waals surface area (Å²) in [4.78, 5) is 4.01. The van der Waals surface area contributed by atoms with Crippen LogP contribution < -0.4 is 10.6 Å². The number of hydrogen-bond acceptors (Lipinski definition) is 3. The summed E-state index contributed by atoms with van der Waals surface area (Å²) in [5.74, 6) is 0.806. The Bertz CT molecular complexity index is 267. The summed E-state index contributed by atoms with van der Waals surface area (Å²) in [5.41, 5.74) is 1.31. The Morgan fingerprint density at radius 3 is 3.00 bits per heavy atom. The summed E-state index contributed by atoms with van der Waals surface area (Å²) in [5, 5.41) is 6.94. The summed E-state index contributed by atoms with van der Waals surface area (Å²) in [6, 6.07) is 4.12. The van der Waals surface area contributed by atoms with Crippen LogP contribution in [-0.4, -0.2) is 24.6 Å². The molecule has 2 rings (SSSR count). The lowest BCUT2D eigenvalue weighted by molar-refractivity contribution is 0.360. The fourth-order valence-corrected chi connectivity index (χ4v) is 2.02. The van der Waals surface area contributed by atoms with Gasteiger partial charge in [0.1, 0.15) is 0 Å². The normalized spacial score (nSPS) is 21.5. The molecule has 1 aromatic heterocycles. The minimum absolute atomic E-state index is 0.806. The van der Waals surface area contributed by atoms with E-state index in [1.165, 1.54) is 31.5 Å². The van der Waals surface area contributed by atoms with Gasteiger partial charge in [0.15, 0.2) is 0 Å². The largest absolute Gasteiger partial charge is 0.316 e. The molecule has 1 saturated heterocycles. The van der Waals surface area contributed by atoms with Crippen LogP contribution in [0.15, 0.2) is 24.5 Å². The maximum Gasteiger partial charge on any atom is 0.0271 e. The second-order valence-corrected chi connectivity index (χ2v) is 4.20. The molecular weight excluding hydrogens is 186 g/mol. The molecule has 0 radical (unpaired) electrons. The van der Waals surface area contributed by atoms with Crippen molar-refractivity contribution in [1.29, 1.82) is 0 Å². The zero-order valence-corrected chi connectivity index (χ0v) is 9.08. The van der Waals surface area contributed by atoms with Crippen molar-refractivity contribution >= 4 is 0 Å². The van der Waals surface area contributed by atoms with Gasteiger partial charge in [-0.2, -0.15) is 0 Å². The van der Waals surface area contributed by atoms with Crippen LogP contribution in [0.4, 0.5) is 0 Å². The highest BCUT2D eigenvalue weighted by atomic mass is 14.9. The smallest absolute Gasteiger partial charge is 0.0271 e. The van der Waals surface area contributed by atoms with E-state index < -0.39 is 0 Å². The molecule has 1 aliphatic heterocycles. The molecule has 82 valence electrons. The molecule has 0 unspecified atom stereocenters. The van der Waals surface area contributed by atoms with E-state index in [0.29, 0.717) is 0 Å². The third-order valence-electron chi connectivity index (χ3n) is 2.91. The highest BCUT2D eigenvalue weighted by Gasteiger charge is 2.11. The van der Waals surface area contributed by atoms with Crippen molar-refractivity contribution in [3.63, 3.8) is 0 Å². The molecule has 0 saturated carbocycles. The molecule has 1 atom stereocenters. The summed E-state index contributed by atoms with van der Waals surface area (Å²) in [6.07, 6.45) is 6.37. The third kappa shape index (κ3) is 3.61. The van der Waals surface area contributed by atoms with Gasteiger partial charge >= 0.3 is 0 Å². The molecule has 0 aromatic carbocycles. The van der Waals surface area contributed by atoms with Crippen molar-refractivity contribution in [2.45, 2.75) is 19.4 Å². The van der Waals surface area contributed by atoms with Crippen molar-refractivity contribution in [2.24, 2.45) is 5.92 Å². The molecule has 1 aromatic rings. The second-order valence-electron chi connectivity index (χ2n) is 4.20. The fourth-order valence-electron chi connectivity index (χ4n) is 2.02. The molecule has 0 bridgehead atoms. The van der Waals surface area contributed by atoms with Gasteiger partial charge in [0, 0.05) is 18.9 Å². The van der Waals surface area contributed by atoms with Crippen molar-refractivity contribution in [3.8, 4) is 0 Å². The van der Waals surface area contributed by atoms with Gasteiger partial charge in [0.25, 0.3) is 0 Å². The van der Waals surface area contributed by atoms with Gasteiger partial charge < -0.3 is 10.6 Å². The van der Waals surface area contributed by atoms with Crippen LogP contribution in [0.5, 0.6) is 0 Å². The quantitative estimate of drug-likeness (QED) is 0.775. The van der Waals surface area contributed by atoms with Gasteiger partial charge in [-0.15, -0.1) is 0 Å². The average Bonchev–Trinajstić information content (AvgIpc) is 2.32. The molecule has 15 heavy (non-hydrogen) atoms. The Kier molecular flexibility index (Phi) is 4.11. The summed E-state index contributed by atoms with van der Waals surface area (Å²) >= 11 is 0. The number of hydrogen-bond donors (Lipinski definition) is 2. The molecule has 0 spiro atoms. The Morgan fingerprint density at radius 1 is 1.40 bits per heavy atom. The monoisotopic (exact) mass is 205 g/mol. The number of rotatable bonds is 4. The summed E-state index contributed by atoms with van der Waals surface area (Å²) < 4.78 is 0. The highest BCUT2D eigenvalue weighted by Crippen LogP contribution is 2.08. The van der Waals surface area contributed by atoms with Gasteiger partial charge in [0.2, 0.25) is 0 Å². The first kappa shape index (κ1) is 10.6. The van der Waals surface area contributed by atoms with Crippen LogP contribution >= 0.6 is 0 Å². The first-order chi connectivity index (χ1) is 7.45.